The topological polar surface area (TPSA) is 131 Å². The van der Waals surface area contributed by atoms with Crippen LogP contribution in [0.1, 0.15) is 18.0 Å². The maximum Gasteiger partial charge on any atom is 0.291 e. The first-order chi connectivity index (χ1) is 12.1. The molecule has 1 aliphatic rings. The highest BCUT2D eigenvalue weighted by molar-refractivity contribution is 5.81. The second-order valence-corrected chi connectivity index (χ2v) is 5.83. The van der Waals surface area contributed by atoms with Gasteiger partial charge in [0, 0.05) is 25.1 Å². The zero-order valence-electron chi connectivity index (χ0n) is 13.5. The van der Waals surface area contributed by atoms with Crippen molar-refractivity contribution < 1.29 is 18.8 Å². The van der Waals surface area contributed by atoms with Crippen LogP contribution in [0.15, 0.2) is 23.0 Å². The standard InChI is InChI=1S/C15H16N6O4/c1-23-15(2-3-24-8-15)13-19-14(20-25-13)21-11-4-10(5-12(16)22)17-6-9(11)7-18-21/h4,6-7H,2-3,5,8H2,1H3,(H2,16,22). The lowest BCUT2D eigenvalue weighted by Gasteiger charge is -2.20. The van der Waals surface area contributed by atoms with Crippen LogP contribution in [-0.4, -0.2) is 51.1 Å². The Hall–Kier alpha value is -2.85. The van der Waals surface area contributed by atoms with Crippen LogP contribution in [0.5, 0.6) is 0 Å². The van der Waals surface area contributed by atoms with E-state index in [2.05, 4.69) is 20.2 Å². The van der Waals surface area contributed by atoms with Crippen molar-refractivity contribution in [3.8, 4) is 5.95 Å². The van der Waals surface area contributed by atoms with Gasteiger partial charge >= 0.3 is 0 Å². The molecule has 1 fully saturated rings. The molecule has 4 rings (SSSR count). The number of rotatable bonds is 5. The quantitative estimate of drug-likeness (QED) is 0.689. The minimum atomic E-state index is -0.729. The van der Waals surface area contributed by atoms with Crippen molar-refractivity contribution in [3.63, 3.8) is 0 Å². The largest absolute Gasteiger partial charge is 0.378 e. The molecule has 1 atom stereocenters. The minimum Gasteiger partial charge on any atom is -0.378 e. The Morgan fingerprint density at radius 2 is 2.36 bits per heavy atom. The van der Waals surface area contributed by atoms with Crippen LogP contribution < -0.4 is 5.73 Å². The van der Waals surface area contributed by atoms with E-state index in [0.29, 0.717) is 36.7 Å². The number of carbonyl (C=O) groups excluding carboxylic acids is 1. The summed E-state index contributed by atoms with van der Waals surface area (Å²) in [4.78, 5) is 19.7. The Bertz CT molecular complexity index is 927. The molecule has 1 aliphatic heterocycles. The number of carbonyl (C=O) groups is 1. The Labute approximate surface area is 141 Å². The van der Waals surface area contributed by atoms with Crippen molar-refractivity contribution in [2.45, 2.75) is 18.4 Å². The molecule has 10 heteroatoms. The van der Waals surface area contributed by atoms with E-state index in [-0.39, 0.29) is 12.4 Å². The van der Waals surface area contributed by atoms with Crippen LogP contribution in [0.4, 0.5) is 0 Å². The lowest BCUT2D eigenvalue weighted by Crippen LogP contribution is -2.29. The van der Waals surface area contributed by atoms with Crippen LogP contribution in [0.25, 0.3) is 16.9 Å². The number of hydrogen-bond acceptors (Lipinski definition) is 8. The molecule has 0 aromatic carbocycles. The summed E-state index contributed by atoms with van der Waals surface area (Å²) < 4.78 is 17.9. The second-order valence-electron chi connectivity index (χ2n) is 5.83. The fraction of sp³-hybridized carbons (Fsp3) is 0.400. The molecule has 10 nitrogen and oxygen atoms in total. The predicted molar refractivity (Wildman–Crippen MR) is 83.7 cm³/mol. The monoisotopic (exact) mass is 344 g/mol. The summed E-state index contributed by atoms with van der Waals surface area (Å²) in [5, 5.41) is 9.06. The van der Waals surface area contributed by atoms with Gasteiger partial charge in [-0.05, 0) is 11.2 Å². The summed E-state index contributed by atoms with van der Waals surface area (Å²) in [5.74, 6) is 0.158. The fourth-order valence-corrected chi connectivity index (χ4v) is 2.85. The molecular formula is C15H16N6O4. The lowest BCUT2D eigenvalue weighted by atomic mass is 10.0. The number of fused-ring (bicyclic) bond motifs is 1. The maximum absolute atomic E-state index is 11.1. The Morgan fingerprint density at radius 1 is 1.48 bits per heavy atom. The van der Waals surface area contributed by atoms with Gasteiger partial charge in [-0.25, -0.2) is 0 Å². The number of nitrogens with two attached hydrogens (primary N) is 1. The molecule has 0 saturated carbocycles. The lowest BCUT2D eigenvalue weighted by molar-refractivity contribution is -0.117. The third kappa shape index (κ3) is 2.65. The van der Waals surface area contributed by atoms with Gasteiger partial charge in [0.2, 0.25) is 5.91 Å². The molecule has 1 unspecified atom stereocenters. The summed E-state index contributed by atoms with van der Waals surface area (Å²) in [7, 11) is 1.59. The smallest absolute Gasteiger partial charge is 0.291 e. The number of primary amides is 1. The Kier molecular flexibility index (Phi) is 3.70. The Balaban J connectivity index is 1.74. The van der Waals surface area contributed by atoms with Gasteiger partial charge in [0.1, 0.15) is 0 Å². The number of nitrogens with zero attached hydrogens (tertiary/aromatic N) is 5. The highest BCUT2D eigenvalue weighted by Gasteiger charge is 2.42. The third-order valence-electron chi connectivity index (χ3n) is 4.24. The second kappa shape index (κ2) is 5.90. The van der Waals surface area contributed by atoms with Crippen LogP contribution in [0, 0.1) is 0 Å². The summed E-state index contributed by atoms with van der Waals surface area (Å²) >= 11 is 0. The molecule has 3 aromatic rings. The van der Waals surface area contributed by atoms with E-state index in [0.717, 1.165) is 5.39 Å². The zero-order valence-corrected chi connectivity index (χ0v) is 13.5. The van der Waals surface area contributed by atoms with Gasteiger partial charge in [-0.3, -0.25) is 9.78 Å². The van der Waals surface area contributed by atoms with E-state index in [1.165, 1.54) is 4.68 Å². The van der Waals surface area contributed by atoms with E-state index < -0.39 is 11.5 Å². The molecule has 4 heterocycles. The first kappa shape index (κ1) is 15.7. The number of pyridine rings is 1. The first-order valence-corrected chi connectivity index (χ1v) is 7.70. The van der Waals surface area contributed by atoms with Crippen molar-refractivity contribution in [1.29, 1.82) is 0 Å². The normalized spacial score (nSPS) is 20.4. The number of ether oxygens (including phenoxy) is 2. The molecule has 0 radical (unpaired) electrons. The minimum absolute atomic E-state index is 0.0444. The molecule has 3 aromatic heterocycles. The van der Waals surface area contributed by atoms with Crippen molar-refractivity contribution in [2.24, 2.45) is 5.73 Å². The Morgan fingerprint density at radius 3 is 3.08 bits per heavy atom. The van der Waals surface area contributed by atoms with E-state index in [4.69, 9.17) is 19.7 Å². The van der Waals surface area contributed by atoms with E-state index in [9.17, 15) is 4.79 Å². The summed E-state index contributed by atoms with van der Waals surface area (Å²) in [6.45, 7) is 0.927. The molecule has 1 amide bonds. The van der Waals surface area contributed by atoms with Gasteiger partial charge in [0.05, 0.1) is 37.0 Å². The van der Waals surface area contributed by atoms with Gasteiger partial charge in [0.15, 0.2) is 5.60 Å². The van der Waals surface area contributed by atoms with E-state index in [1.807, 2.05) is 0 Å². The zero-order chi connectivity index (χ0) is 17.4. The summed E-state index contributed by atoms with van der Waals surface area (Å²) in [6.07, 6.45) is 3.94. The van der Waals surface area contributed by atoms with Crippen molar-refractivity contribution >= 4 is 16.8 Å². The van der Waals surface area contributed by atoms with Crippen LogP contribution in [0.2, 0.25) is 0 Å². The van der Waals surface area contributed by atoms with Crippen molar-refractivity contribution in [3.05, 3.63) is 30.0 Å². The van der Waals surface area contributed by atoms with Crippen LogP contribution in [-0.2, 0) is 26.3 Å². The molecule has 1 saturated heterocycles. The van der Waals surface area contributed by atoms with Crippen molar-refractivity contribution in [1.82, 2.24) is 24.9 Å². The van der Waals surface area contributed by atoms with Crippen LogP contribution >= 0.6 is 0 Å². The fourth-order valence-electron chi connectivity index (χ4n) is 2.85. The number of hydrogen-bond donors (Lipinski definition) is 1. The van der Waals surface area contributed by atoms with Gasteiger partial charge in [-0.2, -0.15) is 14.8 Å². The molecule has 25 heavy (non-hydrogen) atoms. The molecule has 0 bridgehead atoms. The molecule has 130 valence electrons. The number of aromatic nitrogens is 5. The van der Waals surface area contributed by atoms with Crippen molar-refractivity contribution in [2.75, 3.05) is 20.3 Å². The predicted octanol–water partition coefficient (Wildman–Crippen LogP) is 0.0933. The number of amides is 1. The highest BCUT2D eigenvalue weighted by Crippen LogP contribution is 2.33. The molecular weight excluding hydrogens is 328 g/mol. The van der Waals surface area contributed by atoms with Gasteiger partial charge in [-0.15, -0.1) is 0 Å². The average Bonchev–Trinajstić information content (AvgIpc) is 3.32. The first-order valence-electron chi connectivity index (χ1n) is 7.70. The molecule has 0 spiro atoms. The third-order valence-corrected chi connectivity index (χ3v) is 4.24. The van der Waals surface area contributed by atoms with Gasteiger partial charge in [-0.1, -0.05) is 0 Å². The van der Waals surface area contributed by atoms with Crippen LogP contribution in [0.3, 0.4) is 0 Å². The maximum atomic E-state index is 11.1. The highest BCUT2D eigenvalue weighted by atomic mass is 16.6. The van der Waals surface area contributed by atoms with Gasteiger partial charge < -0.3 is 19.7 Å². The molecule has 2 N–H and O–H groups in total. The van der Waals surface area contributed by atoms with Gasteiger partial charge in [0.25, 0.3) is 11.8 Å². The summed E-state index contributed by atoms with van der Waals surface area (Å²) in [6, 6.07) is 1.73. The molecule has 0 aliphatic carbocycles. The SMILES string of the molecule is COC1(c2nc(-n3ncc4cnc(CC(N)=O)cc43)no2)CCOC1. The van der Waals surface area contributed by atoms with E-state index >= 15 is 0 Å². The number of methoxy groups -OCH3 is 1. The van der Waals surface area contributed by atoms with E-state index in [1.54, 1.807) is 25.6 Å². The average molecular weight is 344 g/mol. The summed E-state index contributed by atoms with van der Waals surface area (Å²) in [5.41, 5.74) is 5.75.